The molecule has 2 heterocycles. The smallest absolute Gasteiger partial charge is 0.0703 e. The maximum absolute atomic E-state index is 5.44. The second kappa shape index (κ2) is 2.51. The number of ether oxygens (including phenoxy) is 1. The Kier molecular flexibility index (Phi) is 1.66. The fourth-order valence-electron chi connectivity index (χ4n) is 1.89. The van der Waals surface area contributed by atoms with E-state index in [-0.39, 0.29) is 6.10 Å². The number of fused-ring (bicyclic) bond motifs is 1. The predicted octanol–water partition coefficient (Wildman–Crippen LogP) is 0.684. The number of hydrogen-bond donors (Lipinski definition) is 0. The molecule has 2 nitrogen and oxygen atoms in total. The van der Waals surface area contributed by atoms with Crippen molar-refractivity contribution in [2.45, 2.75) is 25.0 Å². The minimum absolute atomic E-state index is 0.217. The summed E-state index contributed by atoms with van der Waals surface area (Å²) in [5.74, 6) is 0. The van der Waals surface area contributed by atoms with Crippen LogP contribution in [0, 0.1) is 6.92 Å². The van der Waals surface area contributed by atoms with Crippen molar-refractivity contribution in [1.82, 2.24) is 4.90 Å². The molecule has 0 aromatic carbocycles. The van der Waals surface area contributed by atoms with E-state index in [1.165, 1.54) is 19.4 Å². The van der Waals surface area contributed by atoms with Gasteiger partial charge in [0.15, 0.2) is 0 Å². The van der Waals surface area contributed by atoms with Crippen molar-refractivity contribution in [3.63, 3.8) is 0 Å². The van der Waals surface area contributed by atoms with Crippen LogP contribution < -0.4 is 0 Å². The Bertz CT molecular complexity index is 126. The van der Waals surface area contributed by atoms with E-state index >= 15 is 0 Å². The van der Waals surface area contributed by atoms with Crippen LogP contribution in [-0.2, 0) is 4.74 Å². The van der Waals surface area contributed by atoms with Gasteiger partial charge >= 0.3 is 0 Å². The van der Waals surface area contributed by atoms with Crippen LogP contribution in [0.3, 0.4) is 0 Å². The van der Waals surface area contributed by atoms with E-state index in [1.54, 1.807) is 0 Å². The van der Waals surface area contributed by atoms with Crippen LogP contribution in [0.2, 0.25) is 0 Å². The minimum atomic E-state index is 0.217. The summed E-state index contributed by atoms with van der Waals surface area (Å²) in [6.07, 6.45) is 2.89. The average molecular weight is 140 g/mol. The van der Waals surface area contributed by atoms with Gasteiger partial charge in [-0.1, -0.05) is 0 Å². The van der Waals surface area contributed by atoms with Crippen LogP contribution >= 0.6 is 0 Å². The number of rotatable bonds is 0. The largest absolute Gasteiger partial charge is 0.375 e. The summed E-state index contributed by atoms with van der Waals surface area (Å²) >= 11 is 0. The lowest BCUT2D eigenvalue weighted by molar-refractivity contribution is -0.0266. The third-order valence-electron chi connectivity index (χ3n) is 2.46. The Morgan fingerprint density at radius 2 is 2.40 bits per heavy atom. The van der Waals surface area contributed by atoms with E-state index in [9.17, 15) is 0 Å². The minimum Gasteiger partial charge on any atom is -0.375 e. The molecule has 0 aromatic heterocycles. The lowest BCUT2D eigenvalue weighted by atomic mass is 10.2. The highest BCUT2D eigenvalue weighted by Crippen LogP contribution is 2.21. The van der Waals surface area contributed by atoms with Crippen LogP contribution in [-0.4, -0.2) is 36.7 Å². The summed E-state index contributed by atoms with van der Waals surface area (Å²) in [7, 11) is 0. The molecule has 10 heavy (non-hydrogen) atoms. The molecule has 0 aromatic rings. The van der Waals surface area contributed by atoms with Gasteiger partial charge in [0, 0.05) is 12.6 Å². The maximum Gasteiger partial charge on any atom is 0.0703 e. The van der Waals surface area contributed by atoms with Crippen molar-refractivity contribution < 1.29 is 4.74 Å². The van der Waals surface area contributed by atoms with Gasteiger partial charge in [-0.2, -0.15) is 0 Å². The Balaban J connectivity index is 1.96. The summed E-state index contributed by atoms with van der Waals surface area (Å²) in [4.78, 5) is 2.50. The van der Waals surface area contributed by atoms with Gasteiger partial charge in [-0.25, -0.2) is 0 Å². The summed E-state index contributed by atoms with van der Waals surface area (Å²) in [6.45, 7) is 7.12. The first-order valence-electron chi connectivity index (χ1n) is 4.05. The van der Waals surface area contributed by atoms with Crippen molar-refractivity contribution in [2.75, 3.05) is 19.7 Å². The lowest BCUT2D eigenvalue weighted by Crippen LogP contribution is -2.44. The monoisotopic (exact) mass is 140 g/mol. The molecule has 2 rings (SSSR count). The van der Waals surface area contributed by atoms with Gasteiger partial charge in [0.2, 0.25) is 0 Å². The number of nitrogens with zero attached hydrogens (tertiary/aromatic N) is 1. The second-order valence-corrected chi connectivity index (χ2v) is 3.25. The number of morpholine rings is 1. The van der Waals surface area contributed by atoms with Crippen LogP contribution in [0.4, 0.5) is 0 Å². The molecular weight excluding hydrogens is 126 g/mol. The molecule has 2 atom stereocenters. The van der Waals surface area contributed by atoms with Crippen molar-refractivity contribution in [2.24, 2.45) is 0 Å². The van der Waals surface area contributed by atoms with Crippen LogP contribution in [0.5, 0.6) is 0 Å². The zero-order chi connectivity index (χ0) is 6.97. The van der Waals surface area contributed by atoms with E-state index in [0.29, 0.717) is 0 Å². The van der Waals surface area contributed by atoms with E-state index in [0.717, 1.165) is 19.2 Å². The molecule has 2 saturated heterocycles. The molecule has 0 aliphatic carbocycles. The highest BCUT2D eigenvalue weighted by atomic mass is 16.5. The van der Waals surface area contributed by atoms with Crippen molar-refractivity contribution in [3.05, 3.63) is 6.92 Å². The Morgan fingerprint density at radius 3 is 3.30 bits per heavy atom. The molecule has 1 radical (unpaired) electrons. The van der Waals surface area contributed by atoms with E-state index in [2.05, 4.69) is 11.8 Å². The Morgan fingerprint density at radius 1 is 1.50 bits per heavy atom. The summed E-state index contributed by atoms with van der Waals surface area (Å²) in [5, 5.41) is 0. The summed E-state index contributed by atoms with van der Waals surface area (Å²) in [5.41, 5.74) is 0. The third-order valence-corrected chi connectivity index (χ3v) is 2.46. The fourth-order valence-corrected chi connectivity index (χ4v) is 1.89. The molecular formula is C8H14NO. The van der Waals surface area contributed by atoms with Crippen molar-refractivity contribution in [1.29, 1.82) is 0 Å². The lowest BCUT2D eigenvalue weighted by Gasteiger charge is -2.33. The highest BCUT2D eigenvalue weighted by molar-refractivity contribution is 4.85. The standard InChI is InChI=1S/C8H14NO/c1-7-5-9-4-2-3-8(9)6-10-7/h7-8H,1-6H2/t7-,8-/m0/s1. The maximum atomic E-state index is 5.44. The van der Waals surface area contributed by atoms with E-state index in [4.69, 9.17) is 4.74 Å². The normalized spacial score (nSPS) is 41.7. The molecule has 2 aliphatic heterocycles. The topological polar surface area (TPSA) is 12.5 Å². The predicted molar refractivity (Wildman–Crippen MR) is 39.7 cm³/mol. The molecule has 0 saturated carbocycles. The first-order valence-corrected chi connectivity index (χ1v) is 4.05. The zero-order valence-corrected chi connectivity index (χ0v) is 6.25. The molecule has 0 bridgehead atoms. The molecule has 0 N–H and O–H groups in total. The molecule has 2 heteroatoms. The van der Waals surface area contributed by atoms with Crippen molar-refractivity contribution >= 4 is 0 Å². The highest BCUT2D eigenvalue weighted by Gasteiger charge is 2.30. The third kappa shape index (κ3) is 1.06. The van der Waals surface area contributed by atoms with Crippen LogP contribution in [0.25, 0.3) is 0 Å². The van der Waals surface area contributed by atoms with Crippen LogP contribution in [0.1, 0.15) is 12.8 Å². The SMILES string of the molecule is [CH2][C@H]1CN2CCC[C@H]2CO1. The van der Waals surface area contributed by atoms with Gasteiger partial charge in [-0.15, -0.1) is 0 Å². The first kappa shape index (κ1) is 6.62. The van der Waals surface area contributed by atoms with Gasteiger partial charge in [0.1, 0.15) is 0 Å². The first-order chi connectivity index (χ1) is 4.86. The molecule has 0 amide bonds. The zero-order valence-electron chi connectivity index (χ0n) is 6.25. The van der Waals surface area contributed by atoms with Crippen LogP contribution in [0.15, 0.2) is 0 Å². The average Bonchev–Trinajstić information content (AvgIpc) is 2.33. The van der Waals surface area contributed by atoms with Gasteiger partial charge in [0.05, 0.1) is 12.7 Å². The van der Waals surface area contributed by atoms with Crippen molar-refractivity contribution in [3.8, 4) is 0 Å². The molecule has 57 valence electrons. The van der Waals surface area contributed by atoms with Gasteiger partial charge in [-0.3, -0.25) is 4.90 Å². The van der Waals surface area contributed by atoms with Gasteiger partial charge in [0.25, 0.3) is 0 Å². The summed E-state index contributed by atoms with van der Waals surface area (Å²) < 4.78 is 5.44. The molecule has 2 aliphatic rings. The second-order valence-electron chi connectivity index (χ2n) is 3.25. The molecule has 2 fully saturated rings. The number of hydrogen-bond acceptors (Lipinski definition) is 2. The summed E-state index contributed by atoms with van der Waals surface area (Å²) in [6, 6.07) is 0.720. The molecule has 0 spiro atoms. The van der Waals surface area contributed by atoms with Gasteiger partial charge in [-0.05, 0) is 26.3 Å². The van der Waals surface area contributed by atoms with E-state index in [1.807, 2.05) is 0 Å². The molecule has 0 unspecified atom stereocenters. The Hall–Kier alpha value is -0.0800. The van der Waals surface area contributed by atoms with E-state index < -0.39 is 0 Å². The Labute approximate surface area is 62.2 Å². The quantitative estimate of drug-likeness (QED) is 0.490. The van der Waals surface area contributed by atoms with Gasteiger partial charge < -0.3 is 4.74 Å². The fraction of sp³-hybridized carbons (Fsp3) is 0.875.